The molecule has 56 heavy (non-hydrogen) atoms. The fourth-order valence-corrected chi connectivity index (χ4v) is 8.55. The highest BCUT2D eigenvalue weighted by molar-refractivity contribution is 6.14. The van der Waals surface area contributed by atoms with Crippen molar-refractivity contribution in [1.82, 2.24) is 0 Å². The van der Waals surface area contributed by atoms with Gasteiger partial charge in [-0.3, -0.25) is 0 Å². The van der Waals surface area contributed by atoms with E-state index in [4.69, 9.17) is 4.74 Å². The van der Waals surface area contributed by atoms with Gasteiger partial charge in [-0.05, 0) is 115 Å². The minimum Gasteiger partial charge on any atom is -0.455 e. The average molecular weight is 714 g/mol. The normalized spacial score (nSPS) is 11.7. The quantitative estimate of drug-likeness (QED) is 0.165. The number of nitrogens with zero attached hydrogens (tertiary/aromatic N) is 1. The van der Waals surface area contributed by atoms with Gasteiger partial charge in [0.15, 0.2) is 0 Å². The van der Waals surface area contributed by atoms with E-state index in [1.807, 2.05) is 6.07 Å². The topological polar surface area (TPSA) is 12.5 Å². The third kappa shape index (κ3) is 5.34. The van der Waals surface area contributed by atoms with Gasteiger partial charge in [0.05, 0.1) is 0 Å². The first kappa shape index (κ1) is 32.0. The van der Waals surface area contributed by atoms with Crippen molar-refractivity contribution >= 4 is 49.4 Å². The summed E-state index contributed by atoms with van der Waals surface area (Å²) in [4.78, 5) is 2.37. The Morgan fingerprint density at radius 2 is 0.857 bits per heavy atom. The molecule has 0 atom stereocenters. The maximum absolute atomic E-state index is 6.82. The zero-order valence-electron chi connectivity index (χ0n) is 30.6. The molecule has 1 aliphatic rings. The van der Waals surface area contributed by atoms with Crippen LogP contribution in [0.2, 0.25) is 0 Å². The van der Waals surface area contributed by atoms with Gasteiger partial charge in [0.25, 0.3) is 0 Å². The summed E-state index contributed by atoms with van der Waals surface area (Å²) in [6, 6.07) is 76.4. The Kier molecular flexibility index (Phi) is 7.53. The van der Waals surface area contributed by atoms with Crippen molar-refractivity contribution in [2.45, 2.75) is 0 Å². The molecule has 1 heterocycles. The number of ether oxygens (including phenoxy) is 1. The van der Waals surface area contributed by atoms with Crippen molar-refractivity contribution in [3.05, 3.63) is 212 Å². The van der Waals surface area contributed by atoms with E-state index in [1.165, 1.54) is 43.8 Å². The van der Waals surface area contributed by atoms with Crippen LogP contribution >= 0.6 is 0 Å². The summed E-state index contributed by atoms with van der Waals surface area (Å²) in [6.07, 6.45) is 0. The van der Waals surface area contributed by atoms with Gasteiger partial charge in [0.2, 0.25) is 0 Å². The molecule has 11 rings (SSSR count). The summed E-state index contributed by atoms with van der Waals surface area (Å²) in [5.74, 6) is 1.75. The van der Waals surface area contributed by atoms with Crippen molar-refractivity contribution in [3.8, 4) is 56.0 Å². The lowest BCUT2D eigenvalue weighted by Gasteiger charge is -2.27. The molecule has 2 nitrogen and oxygen atoms in total. The van der Waals surface area contributed by atoms with Crippen molar-refractivity contribution in [1.29, 1.82) is 0 Å². The van der Waals surface area contributed by atoms with Gasteiger partial charge in [-0.2, -0.15) is 0 Å². The lowest BCUT2D eigenvalue weighted by atomic mass is 9.92. The smallest absolute Gasteiger partial charge is 0.143 e. The molecule has 0 saturated heterocycles. The minimum atomic E-state index is 0.863. The monoisotopic (exact) mass is 713 g/mol. The van der Waals surface area contributed by atoms with E-state index < -0.39 is 0 Å². The summed E-state index contributed by atoms with van der Waals surface area (Å²) in [6.45, 7) is 0. The molecule has 0 N–H and O–H groups in total. The van der Waals surface area contributed by atoms with Crippen molar-refractivity contribution in [3.63, 3.8) is 0 Å². The summed E-state index contributed by atoms with van der Waals surface area (Å²) in [5, 5.41) is 7.31. The van der Waals surface area contributed by atoms with Gasteiger partial charge in [-0.25, -0.2) is 0 Å². The van der Waals surface area contributed by atoms with Gasteiger partial charge in [-0.1, -0.05) is 158 Å². The summed E-state index contributed by atoms with van der Waals surface area (Å²) >= 11 is 0. The standard InChI is InChI=1S/C54H35NO/c1-2-12-36(13-3-1)37-22-27-41(28-23-37)55(42-29-24-39(25-30-42)51-34-40-15-5-6-16-44(40)46-18-8-9-19-47(46)51)43-31-33-48-49-20-10-11-21-53(49)56-54-45-17-7-4-14-38(45)26-32-50(54)52(48)35-43/h1-35H. The molecule has 10 aromatic carbocycles. The van der Waals surface area contributed by atoms with Crippen molar-refractivity contribution in [2.24, 2.45) is 0 Å². The van der Waals surface area contributed by atoms with Gasteiger partial charge in [-0.15, -0.1) is 0 Å². The predicted molar refractivity (Wildman–Crippen MR) is 235 cm³/mol. The highest BCUT2D eigenvalue weighted by Gasteiger charge is 2.24. The highest BCUT2D eigenvalue weighted by atomic mass is 16.5. The van der Waals surface area contributed by atoms with Crippen molar-refractivity contribution in [2.75, 3.05) is 4.90 Å². The molecule has 10 aromatic rings. The van der Waals surface area contributed by atoms with Gasteiger partial charge >= 0.3 is 0 Å². The molecule has 1 aliphatic heterocycles. The number of hydrogen-bond acceptors (Lipinski definition) is 2. The van der Waals surface area contributed by atoms with Crippen LogP contribution in [0.1, 0.15) is 0 Å². The first-order valence-electron chi connectivity index (χ1n) is 19.2. The number of anilines is 3. The van der Waals surface area contributed by atoms with Crippen molar-refractivity contribution < 1.29 is 4.74 Å². The van der Waals surface area contributed by atoms with Crippen LogP contribution in [0.15, 0.2) is 212 Å². The molecule has 0 radical (unpaired) electrons. The third-order valence-corrected chi connectivity index (χ3v) is 11.3. The molecular formula is C54H35NO. The molecule has 0 bridgehead atoms. The largest absolute Gasteiger partial charge is 0.455 e. The van der Waals surface area contributed by atoms with E-state index in [2.05, 4.69) is 211 Å². The van der Waals surface area contributed by atoms with Crippen LogP contribution in [0.25, 0.3) is 76.8 Å². The molecule has 0 spiro atoms. The lowest BCUT2D eigenvalue weighted by molar-refractivity contribution is 0.493. The lowest BCUT2D eigenvalue weighted by Crippen LogP contribution is -2.10. The predicted octanol–water partition coefficient (Wildman–Crippen LogP) is 15.4. The average Bonchev–Trinajstić information content (AvgIpc) is 3.41. The second-order valence-corrected chi connectivity index (χ2v) is 14.5. The fraction of sp³-hybridized carbons (Fsp3) is 0. The van der Waals surface area contributed by atoms with Crippen LogP contribution in [0, 0.1) is 0 Å². The molecule has 0 fully saturated rings. The Labute approximate surface area is 326 Å². The molecular weight excluding hydrogens is 679 g/mol. The van der Waals surface area contributed by atoms with E-state index in [-0.39, 0.29) is 0 Å². The second-order valence-electron chi connectivity index (χ2n) is 14.5. The number of rotatable bonds is 5. The van der Waals surface area contributed by atoms with Crippen LogP contribution in [-0.4, -0.2) is 0 Å². The van der Waals surface area contributed by atoms with Gasteiger partial charge < -0.3 is 9.64 Å². The van der Waals surface area contributed by atoms with E-state index >= 15 is 0 Å². The van der Waals surface area contributed by atoms with E-state index in [0.29, 0.717) is 0 Å². The van der Waals surface area contributed by atoms with E-state index in [9.17, 15) is 0 Å². The maximum Gasteiger partial charge on any atom is 0.143 e. The molecule has 2 heteroatoms. The van der Waals surface area contributed by atoms with Gasteiger partial charge in [0.1, 0.15) is 11.5 Å². The van der Waals surface area contributed by atoms with Crippen LogP contribution in [0.5, 0.6) is 11.5 Å². The minimum absolute atomic E-state index is 0.863. The Bertz CT molecular complexity index is 3090. The Morgan fingerprint density at radius 1 is 0.286 bits per heavy atom. The van der Waals surface area contributed by atoms with Crippen LogP contribution < -0.4 is 9.64 Å². The zero-order valence-corrected chi connectivity index (χ0v) is 30.6. The summed E-state index contributed by atoms with van der Waals surface area (Å²) in [5.41, 5.74) is 12.5. The zero-order chi connectivity index (χ0) is 37.0. The molecule has 0 saturated carbocycles. The first-order valence-corrected chi connectivity index (χ1v) is 19.2. The Balaban J connectivity index is 1.09. The Hall–Kier alpha value is -7.42. The first-order chi connectivity index (χ1) is 27.8. The summed E-state index contributed by atoms with van der Waals surface area (Å²) < 4.78 is 6.82. The maximum atomic E-state index is 6.82. The number of para-hydroxylation sites is 1. The second kappa shape index (κ2) is 13.2. The fourth-order valence-electron chi connectivity index (χ4n) is 8.55. The van der Waals surface area contributed by atoms with Gasteiger partial charge in [0, 0.05) is 33.6 Å². The van der Waals surface area contributed by atoms with Crippen LogP contribution in [-0.2, 0) is 0 Å². The molecule has 0 amide bonds. The molecule has 0 aromatic heterocycles. The molecule has 0 unspecified atom stereocenters. The van der Waals surface area contributed by atoms with Crippen LogP contribution in [0.4, 0.5) is 17.1 Å². The number of benzene rings is 10. The Morgan fingerprint density at radius 3 is 1.64 bits per heavy atom. The summed E-state index contributed by atoms with van der Waals surface area (Å²) in [7, 11) is 0. The van der Waals surface area contributed by atoms with E-state index in [0.717, 1.165) is 61.6 Å². The third-order valence-electron chi connectivity index (χ3n) is 11.3. The SMILES string of the molecule is c1ccc(-c2ccc(N(c3ccc(-c4cc5ccccc5c5ccccc45)cc3)c3ccc4c(c3)-c3ccc5ccccc5c3Oc3ccccc3-4)cc2)cc1. The van der Waals surface area contributed by atoms with Crippen LogP contribution in [0.3, 0.4) is 0 Å². The van der Waals surface area contributed by atoms with E-state index in [1.54, 1.807) is 0 Å². The highest BCUT2D eigenvalue weighted by Crippen LogP contribution is 2.51. The molecule has 0 aliphatic carbocycles. The molecule has 262 valence electrons. The number of fused-ring (bicyclic) bond motifs is 10. The number of hydrogen-bond donors (Lipinski definition) is 0.